The Balaban J connectivity index is 2.47. The smallest absolute Gasteiger partial charge is 0.387 e. The summed E-state index contributed by atoms with van der Waals surface area (Å²) in [5, 5.41) is 5.69. The fourth-order valence-electron chi connectivity index (χ4n) is 1.27. The summed E-state index contributed by atoms with van der Waals surface area (Å²) in [7, 11) is 0. The third kappa shape index (κ3) is 6.71. The van der Waals surface area contributed by atoms with Crippen LogP contribution in [-0.2, 0) is 4.79 Å². The average molecular weight is 272 g/mol. The molecule has 1 aromatic rings. The highest BCUT2D eigenvalue weighted by molar-refractivity contribution is 5.92. The molecule has 0 radical (unpaired) electrons. The topological polar surface area (TPSA) is 50.4 Å². The van der Waals surface area contributed by atoms with E-state index in [9.17, 15) is 13.6 Å². The minimum absolute atomic E-state index is 0.0563. The Morgan fingerprint density at radius 2 is 1.84 bits per heavy atom. The largest absolute Gasteiger partial charge is 0.435 e. The SMILES string of the molecule is CC(C)(C)NCC(=O)Nc1ccc(OC(F)F)cc1. The number of halogens is 2. The van der Waals surface area contributed by atoms with Gasteiger partial charge < -0.3 is 15.4 Å². The van der Waals surface area contributed by atoms with E-state index in [1.807, 2.05) is 20.8 Å². The van der Waals surface area contributed by atoms with E-state index in [1.165, 1.54) is 24.3 Å². The van der Waals surface area contributed by atoms with Gasteiger partial charge in [-0.15, -0.1) is 0 Å². The maximum atomic E-state index is 11.9. The number of ether oxygens (including phenoxy) is 1. The first-order valence-electron chi connectivity index (χ1n) is 5.86. The summed E-state index contributed by atoms with van der Waals surface area (Å²) in [6, 6.07) is 5.76. The highest BCUT2D eigenvalue weighted by Gasteiger charge is 2.11. The molecule has 19 heavy (non-hydrogen) atoms. The average Bonchev–Trinajstić information content (AvgIpc) is 2.28. The minimum atomic E-state index is -2.85. The lowest BCUT2D eigenvalue weighted by atomic mass is 10.1. The van der Waals surface area contributed by atoms with Gasteiger partial charge in [0.1, 0.15) is 5.75 Å². The highest BCUT2D eigenvalue weighted by atomic mass is 19.3. The first-order valence-corrected chi connectivity index (χ1v) is 5.86. The van der Waals surface area contributed by atoms with Gasteiger partial charge in [0.25, 0.3) is 0 Å². The molecule has 0 spiro atoms. The summed E-state index contributed by atoms with van der Waals surface area (Å²) in [4.78, 5) is 11.6. The quantitative estimate of drug-likeness (QED) is 0.866. The lowest BCUT2D eigenvalue weighted by Gasteiger charge is -2.20. The van der Waals surface area contributed by atoms with Gasteiger partial charge in [-0.1, -0.05) is 0 Å². The monoisotopic (exact) mass is 272 g/mol. The fourth-order valence-corrected chi connectivity index (χ4v) is 1.27. The van der Waals surface area contributed by atoms with Crippen LogP contribution in [0.1, 0.15) is 20.8 Å². The lowest BCUT2D eigenvalue weighted by molar-refractivity contribution is -0.115. The molecule has 0 heterocycles. The van der Waals surface area contributed by atoms with Gasteiger partial charge in [-0.25, -0.2) is 0 Å². The zero-order valence-corrected chi connectivity index (χ0v) is 11.2. The van der Waals surface area contributed by atoms with E-state index in [2.05, 4.69) is 15.4 Å². The molecule has 0 aliphatic rings. The van der Waals surface area contributed by atoms with Crippen LogP contribution in [0.3, 0.4) is 0 Å². The van der Waals surface area contributed by atoms with Crippen molar-refractivity contribution in [2.75, 3.05) is 11.9 Å². The molecule has 0 aliphatic heterocycles. The zero-order valence-electron chi connectivity index (χ0n) is 11.2. The zero-order chi connectivity index (χ0) is 14.5. The Hall–Kier alpha value is -1.69. The van der Waals surface area contributed by atoms with Crippen LogP contribution in [0.15, 0.2) is 24.3 Å². The van der Waals surface area contributed by atoms with E-state index in [0.717, 1.165) is 0 Å². The summed E-state index contributed by atoms with van der Waals surface area (Å²) in [6.07, 6.45) is 0. The van der Waals surface area contributed by atoms with Gasteiger partial charge in [-0.3, -0.25) is 4.79 Å². The molecular weight excluding hydrogens is 254 g/mol. The van der Waals surface area contributed by atoms with Crippen LogP contribution >= 0.6 is 0 Å². The summed E-state index contributed by atoms with van der Waals surface area (Å²) >= 11 is 0. The number of carbonyl (C=O) groups excluding carboxylic acids is 1. The predicted octanol–water partition coefficient (Wildman–Crippen LogP) is 2.61. The van der Waals surface area contributed by atoms with Crippen LogP contribution in [0.4, 0.5) is 14.5 Å². The van der Waals surface area contributed by atoms with Gasteiger partial charge in [0.15, 0.2) is 0 Å². The van der Waals surface area contributed by atoms with E-state index >= 15 is 0 Å². The van der Waals surface area contributed by atoms with Gasteiger partial charge in [0, 0.05) is 11.2 Å². The second-order valence-corrected chi connectivity index (χ2v) is 5.05. The number of hydrogen-bond acceptors (Lipinski definition) is 3. The summed E-state index contributed by atoms with van der Waals surface area (Å²) < 4.78 is 28.1. The Bertz CT molecular complexity index is 414. The maximum absolute atomic E-state index is 11.9. The first-order chi connectivity index (χ1) is 8.76. The number of benzene rings is 1. The van der Waals surface area contributed by atoms with Crippen LogP contribution in [0.25, 0.3) is 0 Å². The number of anilines is 1. The second-order valence-electron chi connectivity index (χ2n) is 5.05. The summed E-state index contributed by atoms with van der Waals surface area (Å²) in [5.41, 5.74) is 0.383. The van der Waals surface area contributed by atoms with Crippen LogP contribution in [0.5, 0.6) is 5.75 Å². The number of carbonyl (C=O) groups is 1. The standard InChI is InChI=1S/C13H18F2N2O2/c1-13(2,3)16-8-11(18)17-9-4-6-10(7-5-9)19-12(14)15/h4-7,12,16H,8H2,1-3H3,(H,17,18). The third-order valence-corrected chi connectivity index (χ3v) is 2.14. The van der Waals surface area contributed by atoms with Crippen molar-refractivity contribution in [3.05, 3.63) is 24.3 Å². The van der Waals surface area contributed by atoms with Gasteiger partial charge in [-0.05, 0) is 45.0 Å². The molecule has 0 fully saturated rings. The molecule has 1 amide bonds. The van der Waals surface area contributed by atoms with Gasteiger partial charge in [0.05, 0.1) is 6.54 Å². The van der Waals surface area contributed by atoms with Crippen LogP contribution in [-0.4, -0.2) is 24.6 Å². The molecule has 0 saturated carbocycles. The highest BCUT2D eigenvalue weighted by Crippen LogP contribution is 2.17. The molecule has 0 unspecified atom stereocenters. The molecule has 0 aliphatic carbocycles. The Kier molecular flexibility index (Phi) is 5.23. The van der Waals surface area contributed by atoms with Crippen molar-refractivity contribution in [3.8, 4) is 5.75 Å². The van der Waals surface area contributed by atoms with Crippen molar-refractivity contribution in [1.29, 1.82) is 0 Å². The molecule has 1 rings (SSSR count). The van der Waals surface area contributed by atoms with Crippen molar-refractivity contribution < 1.29 is 18.3 Å². The molecule has 0 saturated heterocycles. The van der Waals surface area contributed by atoms with Crippen molar-refractivity contribution in [1.82, 2.24) is 5.32 Å². The number of rotatable bonds is 5. The van der Waals surface area contributed by atoms with E-state index in [1.54, 1.807) is 0 Å². The van der Waals surface area contributed by atoms with Crippen molar-refractivity contribution >= 4 is 11.6 Å². The molecule has 0 bridgehead atoms. The van der Waals surface area contributed by atoms with E-state index in [4.69, 9.17) is 0 Å². The van der Waals surface area contributed by atoms with Crippen LogP contribution in [0, 0.1) is 0 Å². The van der Waals surface area contributed by atoms with Crippen molar-refractivity contribution in [2.24, 2.45) is 0 Å². The van der Waals surface area contributed by atoms with E-state index in [-0.39, 0.29) is 23.7 Å². The predicted molar refractivity (Wildman–Crippen MR) is 69.5 cm³/mol. The summed E-state index contributed by atoms with van der Waals surface area (Å²) in [5.74, 6) is -0.140. The van der Waals surface area contributed by atoms with Crippen molar-refractivity contribution in [2.45, 2.75) is 32.9 Å². The maximum Gasteiger partial charge on any atom is 0.387 e. The summed E-state index contributed by atoms with van der Waals surface area (Å²) in [6.45, 7) is 3.19. The molecule has 4 nitrogen and oxygen atoms in total. The normalized spacial score (nSPS) is 11.5. The molecule has 0 aromatic heterocycles. The van der Waals surface area contributed by atoms with E-state index < -0.39 is 6.61 Å². The molecular formula is C13H18F2N2O2. The first kappa shape index (κ1) is 15.4. The Morgan fingerprint density at radius 3 is 2.32 bits per heavy atom. The number of amides is 1. The molecule has 0 atom stereocenters. The second kappa shape index (κ2) is 6.47. The number of hydrogen-bond donors (Lipinski definition) is 2. The van der Waals surface area contributed by atoms with Gasteiger partial charge in [0.2, 0.25) is 5.91 Å². The van der Waals surface area contributed by atoms with E-state index in [0.29, 0.717) is 5.69 Å². The molecule has 2 N–H and O–H groups in total. The Labute approximate surface area is 111 Å². The number of alkyl halides is 2. The molecule has 1 aromatic carbocycles. The van der Waals surface area contributed by atoms with Crippen LogP contribution < -0.4 is 15.4 Å². The van der Waals surface area contributed by atoms with Gasteiger partial charge >= 0.3 is 6.61 Å². The molecule has 106 valence electrons. The Morgan fingerprint density at radius 1 is 1.26 bits per heavy atom. The number of nitrogens with one attached hydrogen (secondary N) is 2. The molecule has 6 heteroatoms. The lowest BCUT2D eigenvalue weighted by Crippen LogP contribution is -2.41. The van der Waals surface area contributed by atoms with Crippen LogP contribution in [0.2, 0.25) is 0 Å². The van der Waals surface area contributed by atoms with Gasteiger partial charge in [-0.2, -0.15) is 8.78 Å². The minimum Gasteiger partial charge on any atom is -0.435 e. The van der Waals surface area contributed by atoms with Crippen molar-refractivity contribution in [3.63, 3.8) is 0 Å². The fraction of sp³-hybridized carbons (Fsp3) is 0.462. The third-order valence-electron chi connectivity index (χ3n) is 2.14.